The molecule has 0 saturated carbocycles. The van der Waals surface area contributed by atoms with Gasteiger partial charge in [0, 0.05) is 5.69 Å². The summed E-state index contributed by atoms with van der Waals surface area (Å²) in [7, 11) is -3.88. The van der Waals surface area contributed by atoms with Crippen molar-refractivity contribution < 1.29 is 40.7 Å². The van der Waals surface area contributed by atoms with Gasteiger partial charge in [-0.25, -0.2) is 13.2 Å². The van der Waals surface area contributed by atoms with Crippen LogP contribution in [0.2, 0.25) is 0 Å². The maximum absolute atomic E-state index is 12.4. The first-order valence-electron chi connectivity index (χ1n) is 8.86. The zero-order chi connectivity index (χ0) is 23.1. The third kappa shape index (κ3) is 7.81. The van der Waals surface area contributed by atoms with E-state index in [1.165, 1.54) is 48.5 Å². The molecular weight excluding hydrogens is 441 g/mol. The minimum absolute atomic E-state index is 0.00399. The summed E-state index contributed by atoms with van der Waals surface area (Å²) in [5.41, 5.74) is 0.140. The van der Waals surface area contributed by atoms with Crippen molar-refractivity contribution in [1.82, 2.24) is 5.32 Å². The molecule has 2 N–H and O–H groups in total. The number of sulfonamides is 1. The van der Waals surface area contributed by atoms with Gasteiger partial charge in [-0.05, 0) is 55.5 Å². The smallest absolute Gasteiger partial charge is 0.405 e. The van der Waals surface area contributed by atoms with Crippen molar-refractivity contribution in [2.24, 2.45) is 0 Å². The summed E-state index contributed by atoms with van der Waals surface area (Å²) in [6.07, 6.45) is -4.58. The van der Waals surface area contributed by atoms with Crippen LogP contribution in [0.25, 0.3) is 0 Å². The number of rotatable bonds is 9. The van der Waals surface area contributed by atoms with Crippen molar-refractivity contribution in [3.05, 3.63) is 54.1 Å². The molecule has 31 heavy (non-hydrogen) atoms. The van der Waals surface area contributed by atoms with E-state index in [1.54, 1.807) is 12.2 Å². The van der Waals surface area contributed by atoms with Crippen LogP contribution >= 0.6 is 0 Å². The first kappa shape index (κ1) is 24.0. The van der Waals surface area contributed by atoms with Crippen LogP contribution in [-0.2, 0) is 19.6 Å². The fraction of sp³-hybridized carbons (Fsp3) is 0.263. The molecule has 0 saturated heterocycles. The van der Waals surface area contributed by atoms with Crippen molar-refractivity contribution in [2.75, 3.05) is 24.5 Å². The van der Waals surface area contributed by atoms with Crippen LogP contribution in [0, 0.1) is 0 Å². The van der Waals surface area contributed by atoms with E-state index in [4.69, 9.17) is 4.74 Å². The minimum Gasteiger partial charge on any atom is -0.494 e. The molecule has 0 aliphatic rings. The number of anilines is 1. The van der Waals surface area contributed by atoms with E-state index < -0.39 is 41.2 Å². The molecule has 0 aliphatic heterocycles. The van der Waals surface area contributed by atoms with Crippen LogP contribution in [-0.4, -0.2) is 46.2 Å². The molecule has 8 nitrogen and oxygen atoms in total. The first-order chi connectivity index (χ1) is 14.5. The number of ether oxygens (including phenoxy) is 2. The van der Waals surface area contributed by atoms with Gasteiger partial charge in [0.2, 0.25) is 0 Å². The molecule has 0 aliphatic carbocycles. The predicted octanol–water partition coefficient (Wildman–Crippen LogP) is 2.72. The maximum atomic E-state index is 12.4. The number of carbonyl (C=O) groups excluding carboxylic acids is 2. The summed E-state index contributed by atoms with van der Waals surface area (Å²) >= 11 is 0. The van der Waals surface area contributed by atoms with Crippen LogP contribution in [0.5, 0.6) is 5.75 Å². The fourth-order valence-corrected chi connectivity index (χ4v) is 3.29. The molecule has 0 atom stereocenters. The van der Waals surface area contributed by atoms with Gasteiger partial charge in [-0.3, -0.25) is 9.52 Å². The van der Waals surface area contributed by atoms with Crippen molar-refractivity contribution in [3.8, 4) is 5.75 Å². The highest BCUT2D eigenvalue weighted by Gasteiger charge is 2.27. The lowest BCUT2D eigenvalue weighted by atomic mass is 10.2. The van der Waals surface area contributed by atoms with Crippen LogP contribution in [0.3, 0.4) is 0 Å². The van der Waals surface area contributed by atoms with Gasteiger partial charge >= 0.3 is 12.1 Å². The van der Waals surface area contributed by atoms with E-state index >= 15 is 0 Å². The van der Waals surface area contributed by atoms with Gasteiger partial charge in [-0.1, -0.05) is 0 Å². The average molecular weight is 460 g/mol. The molecule has 1 amide bonds. The molecule has 0 spiro atoms. The van der Waals surface area contributed by atoms with Crippen molar-refractivity contribution in [3.63, 3.8) is 0 Å². The van der Waals surface area contributed by atoms with E-state index in [0.717, 1.165) is 0 Å². The summed E-state index contributed by atoms with van der Waals surface area (Å²) in [4.78, 5) is 23.1. The number of nitrogens with one attached hydrogen (secondary N) is 2. The molecule has 2 aromatic carbocycles. The van der Waals surface area contributed by atoms with Gasteiger partial charge < -0.3 is 14.8 Å². The highest BCUT2D eigenvalue weighted by molar-refractivity contribution is 7.92. The number of benzene rings is 2. The van der Waals surface area contributed by atoms with E-state index in [9.17, 15) is 31.2 Å². The lowest BCUT2D eigenvalue weighted by Gasteiger charge is -2.10. The number of halogens is 3. The highest BCUT2D eigenvalue weighted by Crippen LogP contribution is 2.20. The Morgan fingerprint density at radius 2 is 1.61 bits per heavy atom. The molecule has 0 fully saturated rings. The van der Waals surface area contributed by atoms with E-state index in [1.807, 2.05) is 0 Å². The van der Waals surface area contributed by atoms with Gasteiger partial charge in [0.1, 0.15) is 12.3 Å². The highest BCUT2D eigenvalue weighted by atomic mass is 32.2. The van der Waals surface area contributed by atoms with Gasteiger partial charge in [0.05, 0.1) is 17.1 Å². The molecule has 2 aromatic rings. The molecule has 0 heterocycles. The van der Waals surface area contributed by atoms with Gasteiger partial charge in [0.15, 0.2) is 6.61 Å². The lowest BCUT2D eigenvalue weighted by Crippen LogP contribution is -2.36. The van der Waals surface area contributed by atoms with Gasteiger partial charge in [-0.15, -0.1) is 0 Å². The summed E-state index contributed by atoms with van der Waals surface area (Å²) in [5.74, 6) is -1.54. The second-order valence-electron chi connectivity index (χ2n) is 6.06. The quantitative estimate of drug-likeness (QED) is 0.557. The Labute approximate surface area is 176 Å². The third-order valence-corrected chi connectivity index (χ3v) is 5.04. The number of hydrogen-bond donors (Lipinski definition) is 2. The largest absolute Gasteiger partial charge is 0.494 e. The second-order valence-corrected chi connectivity index (χ2v) is 7.74. The molecule has 168 valence electrons. The molecule has 0 aromatic heterocycles. The monoisotopic (exact) mass is 460 g/mol. The van der Waals surface area contributed by atoms with E-state index in [0.29, 0.717) is 12.4 Å². The first-order valence-corrected chi connectivity index (χ1v) is 10.3. The Morgan fingerprint density at radius 1 is 1.00 bits per heavy atom. The normalized spacial score (nSPS) is 11.5. The van der Waals surface area contributed by atoms with E-state index in [-0.39, 0.29) is 16.1 Å². The second kappa shape index (κ2) is 10.2. The van der Waals surface area contributed by atoms with Crippen LogP contribution in [0.1, 0.15) is 17.3 Å². The van der Waals surface area contributed by atoms with Crippen LogP contribution in [0.15, 0.2) is 53.4 Å². The molecule has 0 radical (unpaired) electrons. The summed E-state index contributed by atoms with van der Waals surface area (Å²) in [6, 6.07) is 10.9. The van der Waals surface area contributed by atoms with Crippen LogP contribution < -0.4 is 14.8 Å². The standard InChI is InChI=1S/C19H19F3N2O6S/c1-2-29-15-7-9-16(10-8-15)31(27,28)24-14-5-3-13(4-6-14)18(26)30-11-17(25)23-12-19(20,21)22/h3-10,24H,2,11-12H2,1H3,(H,23,25). The molecular formula is C19H19F3N2O6S. The Balaban J connectivity index is 1.93. The Bertz CT molecular complexity index is 1010. The molecule has 12 heteroatoms. The zero-order valence-electron chi connectivity index (χ0n) is 16.2. The number of amides is 1. The Hall–Kier alpha value is -3.28. The predicted molar refractivity (Wildman–Crippen MR) is 104 cm³/mol. The van der Waals surface area contributed by atoms with Crippen molar-refractivity contribution in [1.29, 1.82) is 0 Å². The van der Waals surface area contributed by atoms with Crippen molar-refractivity contribution in [2.45, 2.75) is 18.0 Å². The number of esters is 1. The average Bonchev–Trinajstić information content (AvgIpc) is 2.71. The summed E-state index contributed by atoms with van der Waals surface area (Å²) < 4.78 is 73.1. The summed E-state index contributed by atoms with van der Waals surface area (Å²) in [6.45, 7) is -0.181. The van der Waals surface area contributed by atoms with Gasteiger partial charge in [-0.2, -0.15) is 13.2 Å². The summed E-state index contributed by atoms with van der Waals surface area (Å²) in [5, 5.41) is 1.56. The third-order valence-electron chi connectivity index (χ3n) is 3.64. The SMILES string of the molecule is CCOc1ccc(S(=O)(=O)Nc2ccc(C(=O)OCC(=O)NCC(F)(F)F)cc2)cc1. The fourth-order valence-electron chi connectivity index (χ4n) is 2.23. The Kier molecular flexibility index (Phi) is 7.86. The van der Waals surface area contributed by atoms with E-state index in [2.05, 4.69) is 9.46 Å². The lowest BCUT2D eigenvalue weighted by molar-refractivity contribution is -0.140. The number of alkyl halides is 3. The number of carbonyl (C=O) groups is 2. The van der Waals surface area contributed by atoms with Crippen LogP contribution in [0.4, 0.5) is 18.9 Å². The topological polar surface area (TPSA) is 111 Å². The Morgan fingerprint density at radius 3 is 2.16 bits per heavy atom. The maximum Gasteiger partial charge on any atom is 0.405 e. The number of hydrogen-bond acceptors (Lipinski definition) is 6. The molecule has 2 rings (SSSR count). The minimum atomic E-state index is -4.58. The van der Waals surface area contributed by atoms with Crippen molar-refractivity contribution >= 4 is 27.6 Å². The van der Waals surface area contributed by atoms with Gasteiger partial charge in [0.25, 0.3) is 15.9 Å². The molecule has 0 bridgehead atoms. The zero-order valence-corrected chi connectivity index (χ0v) is 17.0. The molecule has 0 unspecified atom stereocenters.